The molecule has 2 heterocycles. The molecule has 1 unspecified atom stereocenters. The van der Waals surface area contributed by atoms with E-state index in [1.54, 1.807) is 0 Å². The van der Waals surface area contributed by atoms with E-state index in [0.717, 1.165) is 36.5 Å². The molecule has 1 saturated heterocycles. The molecule has 0 amide bonds. The molecule has 0 radical (unpaired) electrons. The Hall–Kier alpha value is -0.940. The standard InChI is InChI=1S/C12H18N2O2S/c1-2-5-8-10(12(15)16)17-11(14-8)9-6-3-4-7-13-9/h9,13H,2-7H2,1H3,(H,15,16). The van der Waals surface area contributed by atoms with Crippen LogP contribution in [0.2, 0.25) is 0 Å². The van der Waals surface area contributed by atoms with Crippen molar-refractivity contribution in [1.29, 1.82) is 0 Å². The Morgan fingerprint density at radius 1 is 1.59 bits per heavy atom. The molecule has 1 atom stereocenters. The molecule has 1 aromatic heterocycles. The zero-order chi connectivity index (χ0) is 12.3. The molecule has 1 aromatic rings. The third-order valence-electron chi connectivity index (χ3n) is 3.00. The highest BCUT2D eigenvalue weighted by Gasteiger charge is 2.23. The predicted octanol–water partition coefficient (Wildman–Crippen LogP) is 2.61. The first-order chi connectivity index (χ1) is 8.22. The summed E-state index contributed by atoms with van der Waals surface area (Å²) < 4.78 is 0. The molecular formula is C12H18N2O2S. The largest absolute Gasteiger partial charge is 0.477 e. The fourth-order valence-corrected chi connectivity index (χ4v) is 3.22. The van der Waals surface area contributed by atoms with Gasteiger partial charge in [-0.25, -0.2) is 9.78 Å². The first-order valence-corrected chi connectivity index (χ1v) is 7.00. The van der Waals surface area contributed by atoms with Crippen LogP contribution >= 0.6 is 11.3 Å². The molecule has 0 saturated carbocycles. The lowest BCUT2D eigenvalue weighted by molar-refractivity contribution is 0.0700. The van der Waals surface area contributed by atoms with E-state index in [0.29, 0.717) is 4.88 Å². The second-order valence-electron chi connectivity index (χ2n) is 4.39. The van der Waals surface area contributed by atoms with E-state index in [9.17, 15) is 4.79 Å². The van der Waals surface area contributed by atoms with E-state index >= 15 is 0 Å². The highest BCUT2D eigenvalue weighted by molar-refractivity contribution is 7.13. The third-order valence-corrected chi connectivity index (χ3v) is 4.20. The van der Waals surface area contributed by atoms with E-state index < -0.39 is 5.97 Å². The summed E-state index contributed by atoms with van der Waals surface area (Å²) in [6.45, 7) is 3.05. The highest BCUT2D eigenvalue weighted by atomic mass is 32.1. The van der Waals surface area contributed by atoms with Crippen molar-refractivity contribution in [1.82, 2.24) is 10.3 Å². The second kappa shape index (κ2) is 5.60. The zero-order valence-electron chi connectivity index (χ0n) is 10.0. The number of hydrogen-bond acceptors (Lipinski definition) is 4. The van der Waals surface area contributed by atoms with Gasteiger partial charge in [0.25, 0.3) is 0 Å². The monoisotopic (exact) mass is 254 g/mol. The van der Waals surface area contributed by atoms with Gasteiger partial charge in [-0.3, -0.25) is 0 Å². The first kappa shape index (κ1) is 12.5. The van der Waals surface area contributed by atoms with Crippen LogP contribution in [0, 0.1) is 0 Å². The van der Waals surface area contributed by atoms with Crippen molar-refractivity contribution in [3.05, 3.63) is 15.6 Å². The minimum atomic E-state index is -0.840. The molecule has 2 N–H and O–H groups in total. The van der Waals surface area contributed by atoms with Crippen LogP contribution in [-0.2, 0) is 6.42 Å². The molecule has 2 rings (SSSR count). The van der Waals surface area contributed by atoms with Gasteiger partial charge in [0.05, 0.1) is 11.7 Å². The quantitative estimate of drug-likeness (QED) is 0.867. The normalized spacial score (nSPS) is 20.4. The van der Waals surface area contributed by atoms with E-state index in [2.05, 4.69) is 10.3 Å². The summed E-state index contributed by atoms with van der Waals surface area (Å²) >= 11 is 1.34. The van der Waals surface area contributed by atoms with Crippen LogP contribution in [-0.4, -0.2) is 22.6 Å². The maximum atomic E-state index is 11.1. The predicted molar refractivity (Wildman–Crippen MR) is 67.7 cm³/mol. The summed E-state index contributed by atoms with van der Waals surface area (Å²) in [5, 5.41) is 13.5. The lowest BCUT2D eigenvalue weighted by Gasteiger charge is -2.21. The van der Waals surface area contributed by atoms with Gasteiger partial charge in [0, 0.05) is 0 Å². The van der Waals surface area contributed by atoms with Crippen molar-refractivity contribution >= 4 is 17.3 Å². The Morgan fingerprint density at radius 3 is 3.00 bits per heavy atom. The van der Waals surface area contributed by atoms with Crippen LogP contribution < -0.4 is 5.32 Å². The number of rotatable bonds is 4. The van der Waals surface area contributed by atoms with Gasteiger partial charge in [0.1, 0.15) is 9.88 Å². The van der Waals surface area contributed by atoms with E-state index in [-0.39, 0.29) is 6.04 Å². The van der Waals surface area contributed by atoms with Crippen LogP contribution in [0.15, 0.2) is 0 Å². The Bertz CT molecular complexity index is 397. The Labute approximate surface area is 105 Å². The molecule has 4 nitrogen and oxygen atoms in total. The average molecular weight is 254 g/mol. The first-order valence-electron chi connectivity index (χ1n) is 6.18. The van der Waals surface area contributed by atoms with Crippen LogP contribution in [0.5, 0.6) is 0 Å². The van der Waals surface area contributed by atoms with Crippen molar-refractivity contribution in [2.24, 2.45) is 0 Å². The fourth-order valence-electron chi connectivity index (χ4n) is 2.16. The lowest BCUT2D eigenvalue weighted by Crippen LogP contribution is -2.26. The fraction of sp³-hybridized carbons (Fsp3) is 0.667. The number of nitrogens with zero attached hydrogens (tertiary/aromatic N) is 1. The summed E-state index contributed by atoms with van der Waals surface area (Å²) in [6, 6.07) is 0.262. The molecule has 0 spiro atoms. The number of carboxylic acid groups (broad SMARTS) is 1. The molecule has 17 heavy (non-hydrogen) atoms. The van der Waals surface area contributed by atoms with Gasteiger partial charge >= 0.3 is 5.97 Å². The van der Waals surface area contributed by atoms with Gasteiger partial charge in [0.15, 0.2) is 0 Å². The van der Waals surface area contributed by atoms with Gasteiger partial charge in [-0.1, -0.05) is 19.8 Å². The third kappa shape index (κ3) is 2.84. The van der Waals surface area contributed by atoms with Crippen LogP contribution in [0.25, 0.3) is 0 Å². The molecule has 1 fully saturated rings. The number of piperidine rings is 1. The average Bonchev–Trinajstić information content (AvgIpc) is 2.75. The number of aryl methyl sites for hydroxylation is 1. The Balaban J connectivity index is 2.22. The number of carbonyl (C=O) groups is 1. The van der Waals surface area contributed by atoms with Crippen molar-refractivity contribution in [2.45, 2.75) is 45.1 Å². The maximum Gasteiger partial charge on any atom is 0.347 e. The topological polar surface area (TPSA) is 62.2 Å². The molecule has 1 aliphatic heterocycles. The van der Waals surface area contributed by atoms with Gasteiger partial charge in [-0.2, -0.15) is 0 Å². The Kier molecular flexibility index (Phi) is 4.12. The van der Waals surface area contributed by atoms with Gasteiger partial charge < -0.3 is 10.4 Å². The van der Waals surface area contributed by atoms with Gasteiger partial charge in [0.2, 0.25) is 0 Å². The van der Waals surface area contributed by atoms with E-state index in [1.165, 1.54) is 24.2 Å². The van der Waals surface area contributed by atoms with E-state index in [1.807, 2.05) is 6.92 Å². The number of aromatic nitrogens is 1. The van der Waals surface area contributed by atoms with Crippen molar-refractivity contribution in [3.63, 3.8) is 0 Å². The Morgan fingerprint density at radius 2 is 2.41 bits per heavy atom. The van der Waals surface area contributed by atoms with Crippen molar-refractivity contribution < 1.29 is 9.90 Å². The lowest BCUT2D eigenvalue weighted by atomic mass is 10.1. The summed E-state index contributed by atoms with van der Waals surface area (Å²) in [7, 11) is 0. The zero-order valence-corrected chi connectivity index (χ0v) is 10.8. The number of nitrogens with one attached hydrogen (secondary N) is 1. The molecular weight excluding hydrogens is 236 g/mol. The van der Waals surface area contributed by atoms with Crippen molar-refractivity contribution in [2.75, 3.05) is 6.54 Å². The smallest absolute Gasteiger partial charge is 0.347 e. The summed E-state index contributed by atoms with van der Waals surface area (Å²) in [5.74, 6) is -0.840. The number of aromatic carboxylic acids is 1. The highest BCUT2D eigenvalue weighted by Crippen LogP contribution is 2.29. The van der Waals surface area contributed by atoms with Crippen LogP contribution in [0.1, 0.15) is 59.0 Å². The minimum Gasteiger partial charge on any atom is -0.477 e. The second-order valence-corrected chi connectivity index (χ2v) is 5.42. The molecule has 0 bridgehead atoms. The van der Waals surface area contributed by atoms with Gasteiger partial charge in [-0.15, -0.1) is 11.3 Å². The molecule has 0 aliphatic carbocycles. The van der Waals surface area contributed by atoms with Gasteiger partial charge in [-0.05, 0) is 25.8 Å². The van der Waals surface area contributed by atoms with Crippen LogP contribution in [0.4, 0.5) is 0 Å². The number of thiazole rings is 1. The molecule has 0 aromatic carbocycles. The molecule has 5 heteroatoms. The number of carboxylic acids is 1. The SMILES string of the molecule is CCCc1nc(C2CCCCN2)sc1C(=O)O. The number of hydrogen-bond donors (Lipinski definition) is 2. The van der Waals surface area contributed by atoms with Crippen LogP contribution in [0.3, 0.4) is 0 Å². The van der Waals surface area contributed by atoms with Crippen molar-refractivity contribution in [3.8, 4) is 0 Å². The summed E-state index contributed by atoms with van der Waals surface area (Å²) in [4.78, 5) is 16.1. The summed E-state index contributed by atoms with van der Waals surface area (Å²) in [6.07, 6.45) is 5.16. The summed E-state index contributed by atoms with van der Waals surface area (Å²) in [5.41, 5.74) is 0.757. The molecule has 94 valence electrons. The molecule has 1 aliphatic rings. The minimum absolute atomic E-state index is 0.262. The van der Waals surface area contributed by atoms with E-state index in [4.69, 9.17) is 5.11 Å². The maximum absolute atomic E-state index is 11.1.